The summed E-state index contributed by atoms with van der Waals surface area (Å²) >= 11 is 8.10. The van der Waals surface area contributed by atoms with Gasteiger partial charge in [-0.05, 0) is 38.8 Å². The molecule has 1 aliphatic rings. The minimum atomic E-state index is 0.343. The summed E-state index contributed by atoms with van der Waals surface area (Å²) in [4.78, 5) is 12.5. The number of halogens is 1. The number of aromatic nitrogens is 1. The van der Waals surface area contributed by atoms with E-state index in [4.69, 9.17) is 11.6 Å². The number of aryl methyl sites for hydroxylation is 2. The summed E-state index contributed by atoms with van der Waals surface area (Å²) in [5, 5.41) is 8.89. The van der Waals surface area contributed by atoms with Crippen LogP contribution in [0.15, 0.2) is 29.3 Å². The van der Waals surface area contributed by atoms with Crippen molar-refractivity contribution in [1.82, 2.24) is 15.6 Å². The first kappa shape index (κ1) is 19.0. The molecule has 0 radical (unpaired) electrons. The van der Waals surface area contributed by atoms with Crippen molar-refractivity contribution in [1.29, 1.82) is 0 Å². The maximum Gasteiger partial charge on any atom is 0.191 e. The van der Waals surface area contributed by atoms with E-state index in [0.29, 0.717) is 6.04 Å². The van der Waals surface area contributed by atoms with Gasteiger partial charge in [0.1, 0.15) is 0 Å². The number of benzene rings is 1. The first-order valence-corrected chi connectivity index (χ1v) is 10.2. The van der Waals surface area contributed by atoms with Gasteiger partial charge < -0.3 is 15.5 Å². The zero-order valence-corrected chi connectivity index (χ0v) is 17.1. The lowest BCUT2D eigenvalue weighted by atomic mass is 10.0. The van der Waals surface area contributed by atoms with E-state index in [1.807, 2.05) is 32.2 Å². The number of nitrogens with one attached hydrogen (secondary N) is 2. The molecule has 1 atom stereocenters. The second-order valence-electron chi connectivity index (χ2n) is 6.55. The van der Waals surface area contributed by atoms with Gasteiger partial charge in [0, 0.05) is 31.1 Å². The van der Waals surface area contributed by atoms with Crippen LogP contribution < -0.4 is 15.5 Å². The van der Waals surface area contributed by atoms with Crippen molar-refractivity contribution >= 4 is 34.6 Å². The molecule has 1 aromatic carbocycles. The van der Waals surface area contributed by atoms with Crippen LogP contribution in [0.1, 0.15) is 28.4 Å². The highest BCUT2D eigenvalue weighted by Crippen LogP contribution is 2.27. The molecule has 140 valence electrons. The number of thiazole rings is 1. The number of hydrogen-bond donors (Lipinski definition) is 2. The third kappa shape index (κ3) is 4.68. The van der Waals surface area contributed by atoms with Gasteiger partial charge in [-0.3, -0.25) is 4.99 Å². The standard InChI is InChI=1S/C19H26ClN5S/c1-13-18(26-14(2)23-13)11-22-19(21-3)24-15-7-6-10-25(12-15)17-9-5-4-8-16(17)20/h4-5,8-9,15H,6-7,10-12H2,1-3H3,(H2,21,22,24). The van der Waals surface area contributed by atoms with Crippen LogP contribution in [0.3, 0.4) is 0 Å². The van der Waals surface area contributed by atoms with Crippen LogP contribution >= 0.6 is 22.9 Å². The number of hydrogen-bond acceptors (Lipinski definition) is 4. The fourth-order valence-electron chi connectivity index (χ4n) is 3.31. The summed E-state index contributed by atoms with van der Waals surface area (Å²) in [6, 6.07) is 8.40. The van der Waals surface area contributed by atoms with Gasteiger partial charge in [-0.25, -0.2) is 4.98 Å². The minimum absolute atomic E-state index is 0.343. The van der Waals surface area contributed by atoms with Crippen LogP contribution in [0.2, 0.25) is 5.02 Å². The van der Waals surface area contributed by atoms with E-state index < -0.39 is 0 Å². The number of piperidine rings is 1. The Morgan fingerprint density at radius 2 is 2.19 bits per heavy atom. The van der Waals surface area contributed by atoms with Gasteiger partial charge in [0.25, 0.3) is 0 Å². The Labute approximate surface area is 164 Å². The Morgan fingerprint density at radius 3 is 2.88 bits per heavy atom. The molecular formula is C19H26ClN5S. The second kappa shape index (κ2) is 8.73. The number of aliphatic imine (C=N–C) groups is 1. The molecule has 0 aliphatic carbocycles. The molecule has 0 amide bonds. The first-order chi connectivity index (χ1) is 12.6. The van der Waals surface area contributed by atoms with Crippen LogP contribution in [0.25, 0.3) is 0 Å². The smallest absolute Gasteiger partial charge is 0.191 e. The predicted molar refractivity (Wildman–Crippen MR) is 112 cm³/mol. The summed E-state index contributed by atoms with van der Waals surface area (Å²) < 4.78 is 0. The van der Waals surface area contributed by atoms with Crippen molar-refractivity contribution in [3.8, 4) is 0 Å². The number of anilines is 1. The summed E-state index contributed by atoms with van der Waals surface area (Å²) in [5.74, 6) is 0.835. The zero-order valence-electron chi connectivity index (χ0n) is 15.6. The van der Waals surface area contributed by atoms with Gasteiger partial charge in [-0.2, -0.15) is 0 Å². The Kier molecular flexibility index (Phi) is 6.38. The van der Waals surface area contributed by atoms with Crippen LogP contribution in [-0.4, -0.2) is 37.1 Å². The topological polar surface area (TPSA) is 52.6 Å². The zero-order chi connectivity index (χ0) is 18.5. The van der Waals surface area contributed by atoms with E-state index in [2.05, 4.69) is 38.5 Å². The molecule has 3 rings (SSSR count). The van der Waals surface area contributed by atoms with Crippen LogP contribution in [0.4, 0.5) is 5.69 Å². The highest BCUT2D eigenvalue weighted by Gasteiger charge is 2.22. The Morgan fingerprint density at radius 1 is 1.38 bits per heavy atom. The predicted octanol–water partition coefficient (Wildman–Crippen LogP) is 3.75. The van der Waals surface area contributed by atoms with Crippen molar-refractivity contribution in [3.05, 3.63) is 44.9 Å². The summed E-state index contributed by atoms with van der Waals surface area (Å²) in [5.41, 5.74) is 2.21. The number of guanidine groups is 1. The molecule has 2 N–H and O–H groups in total. The molecule has 0 saturated carbocycles. The lowest BCUT2D eigenvalue weighted by Crippen LogP contribution is -2.51. The molecule has 7 heteroatoms. The van der Waals surface area contributed by atoms with Gasteiger partial charge in [0.2, 0.25) is 0 Å². The van der Waals surface area contributed by atoms with Crippen LogP contribution in [0.5, 0.6) is 0 Å². The highest BCUT2D eigenvalue weighted by atomic mass is 35.5. The summed E-state index contributed by atoms with van der Waals surface area (Å²) in [6.45, 7) is 6.80. The van der Waals surface area contributed by atoms with Crippen molar-refractivity contribution < 1.29 is 0 Å². The summed E-state index contributed by atoms with van der Waals surface area (Å²) in [6.07, 6.45) is 2.26. The highest BCUT2D eigenvalue weighted by molar-refractivity contribution is 7.11. The Hall–Kier alpha value is -1.79. The molecule has 1 fully saturated rings. The number of rotatable bonds is 4. The molecule has 1 unspecified atom stereocenters. The molecule has 5 nitrogen and oxygen atoms in total. The number of para-hydroxylation sites is 1. The molecule has 1 aliphatic heterocycles. The van der Waals surface area contributed by atoms with Crippen molar-refractivity contribution in [2.24, 2.45) is 4.99 Å². The molecule has 1 aromatic heterocycles. The number of nitrogens with zero attached hydrogens (tertiary/aromatic N) is 3. The third-order valence-electron chi connectivity index (χ3n) is 4.59. The van der Waals surface area contributed by atoms with Crippen molar-refractivity contribution in [3.63, 3.8) is 0 Å². The molecule has 0 spiro atoms. The van der Waals surface area contributed by atoms with Gasteiger partial charge in [-0.15, -0.1) is 11.3 Å². The Bertz CT molecular complexity index is 773. The average molecular weight is 392 g/mol. The van der Waals surface area contributed by atoms with Crippen molar-refractivity contribution in [2.75, 3.05) is 25.0 Å². The minimum Gasteiger partial charge on any atom is -0.368 e. The fraction of sp³-hybridized carbons (Fsp3) is 0.474. The van der Waals surface area contributed by atoms with Gasteiger partial charge in [-0.1, -0.05) is 23.7 Å². The first-order valence-electron chi connectivity index (χ1n) is 8.96. The average Bonchev–Trinajstić information content (AvgIpc) is 2.96. The van der Waals surface area contributed by atoms with E-state index in [9.17, 15) is 0 Å². The van der Waals surface area contributed by atoms with Gasteiger partial charge in [0.05, 0.1) is 28.0 Å². The van der Waals surface area contributed by atoms with Crippen LogP contribution in [0, 0.1) is 13.8 Å². The monoisotopic (exact) mass is 391 g/mol. The maximum absolute atomic E-state index is 6.37. The molecule has 1 saturated heterocycles. The molecular weight excluding hydrogens is 366 g/mol. The van der Waals surface area contributed by atoms with E-state index in [0.717, 1.165) is 59.8 Å². The third-order valence-corrected chi connectivity index (χ3v) is 5.99. The fourth-order valence-corrected chi connectivity index (χ4v) is 4.44. The van der Waals surface area contributed by atoms with E-state index in [1.54, 1.807) is 11.3 Å². The molecule has 2 heterocycles. The normalized spacial score (nSPS) is 18.1. The largest absolute Gasteiger partial charge is 0.368 e. The van der Waals surface area contributed by atoms with E-state index in [-0.39, 0.29) is 0 Å². The van der Waals surface area contributed by atoms with Gasteiger partial charge in [0.15, 0.2) is 5.96 Å². The van der Waals surface area contributed by atoms with Crippen LogP contribution in [-0.2, 0) is 6.54 Å². The maximum atomic E-state index is 6.37. The van der Waals surface area contributed by atoms with E-state index in [1.165, 1.54) is 4.88 Å². The van der Waals surface area contributed by atoms with Crippen molar-refractivity contribution in [2.45, 2.75) is 39.3 Å². The lowest BCUT2D eigenvalue weighted by molar-refractivity contribution is 0.468. The Balaban J connectivity index is 1.58. The quantitative estimate of drug-likeness (QED) is 0.615. The molecule has 0 bridgehead atoms. The molecule has 26 heavy (non-hydrogen) atoms. The lowest BCUT2D eigenvalue weighted by Gasteiger charge is -2.35. The van der Waals surface area contributed by atoms with E-state index >= 15 is 0 Å². The summed E-state index contributed by atoms with van der Waals surface area (Å²) in [7, 11) is 1.81. The second-order valence-corrected chi connectivity index (χ2v) is 8.24. The SMILES string of the molecule is CN=C(NCc1sc(C)nc1C)NC1CCCN(c2ccccc2Cl)C1. The van der Waals surface area contributed by atoms with Gasteiger partial charge >= 0.3 is 0 Å². The molecule has 2 aromatic rings.